The SMILES string of the molecule is COc1cc(C2(NC(=O)C3CCCCO3)C=CC=C(c3ccccc3C)C2C)cc(F)c1CN. The number of hydrogen-bond donors (Lipinski definition) is 2. The number of nitrogens with two attached hydrogens (primary N) is 1. The molecule has 34 heavy (non-hydrogen) atoms. The second-order valence-corrected chi connectivity index (χ2v) is 9.07. The van der Waals surface area contributed by atoms with Crippen molar-refractivity contribution in [1.29, 1.82) is 0 Å². The number of amides is 1. The molecule has 5 nitrogen and oxygen atoms in total. The molecule has 0 bridgehead atoms. The lowest BCUT2D eigenvalue weighted by molar-refractivity contribution is -0.137. The monoisotopic (exact) mass is 464 g/mol. The van der Waals surface area contributed by atoms with Crippen molar-refractivity contribution in [2.24, 2.45) is 11.7 Å². The summed E-state index contributed by atoms with van der Waals surface area (Å²) in [4.78, 5) is 13.4. The molecule has 1 aliphatic heterocycles. The fourth-order valence-corrected chi connectivity index (χ4v) is 5.09. The topological polar surface area (TPSA) is 73.6 Å². The quantitative estimate of drug-likeness (QED) is 0.646. The first kappa shape index (κ1) is 24.2. The van der Waals surface area contributed by atoms with E-state index in [9.17, 15) is 4.79 Å². The molecule has 180 valence electrons. The van der Waals surface area contributed by atoms with Gasteiger partial charge in [0.05, 0.1) is 12.6 Å². The van der Waals surface area contributed by atoms with Gasteiger partial charge in [-0.3, -0.25) is 4.79 Å². The Hall–Kier alpha value is -2.96. The van der Waals surface area contributed by atoms with Gasteiger partial charge in [0, 0.05) is 24.6 Å². The summed E-state index contributed by atoms with van der Waals surface area (Å²) in [5, 5.41) is 3.26. The Kier molecular flexibility index (Phi) is 7.19. The first-order valence-corrected chi connectivity index (χ1v) is 11.9. The molecule has 0 spiro atoms. The third kappa shape index (κ3) is 4.40. The molecule has 0 saturated carbocycles. The maximum absolute atomic E-state index is 15.2. The average molecular weight is 465 g/mol. The zero-order valence-corrected chi connectivity index (χ0v) is 20.1. The second-order valence-electron chi connectivity index (χ2n) is 9.07. The van der Waals surface area contributed by atoms with Crippen LogP contribution in [-0.4, -0.2) is 25.7 Å². The molecule has 2 aliphatic rings. The van der Waals surface area contributed by atoms with Crippen molar-refractivity contribution in [2.45, 2.75) is 51.3 Å². The van der Waals surface area contributed by atoms with Crippen molar-refractivity contribution in [3.8, 4) is 5.75 Å². The second kappa shape index (κ2) is 10.1. The van der Waals surface area contributed by atoms with Crippen LogP contribution in [0.1, 0.15) is 48.4 Å². The van der Waals surface area contributed by atoms with Crippen molar-refractivity contribution in [2.75, 3.05) is 13.7 Å². The number of carbonyl (C=O) groups is 1. The molecule has 2 aromatic rings. The first-order valence-electron chi connectivity index (χ1n) is 11.9. The van der Waals surface area contributed by atoms with Gasteiger partial charge >= 0.3 is 0 Å². The van der Waals surface area contributed by atoms with E-state index in [0.29, 0.717) is 29.9 Å². The Morgan fingerprint density at radius 1 is 1.29 bits per heavy atom. The van der Waals surface area contributed by atoms with Gasteiger partial charge in [0.15, 0.2) is 0 Å². The van der Waals surface area contributed by atoms with Gasteiger partial charge in [-0.15, -0.1) is 0 Å². The maximum atomic E-state index is 15.2. The van der Waals surface area contributed by atoms with Crippen LogP contribution in [0.5, 0.6) is 5.75 Å². The number of hydrogen-bond acceptors (Lipinski definition) is 4. The minimum Gasteiger partial charge on any atom is -0.496 e. The largest absolute Gasteiger partial charge is 0.496 e. The number of ether oxygens (including phenoxy) is 2. The predicted molar refractivity (Wildman–Crippen MR) is 132 cm³/mol. The standard InChI is InChI=1S/C28H33FN2O3/c1-18-9-4-5-10-21(18)22-11-8-13-28(19(22)2,31-27(32)25-12-6-7-14-34-25)20-15-24(29)23(17-30)26(16-20)33-3/h4-5,8-11,13,15-16,19,25H,6-7,12,14,17,30H2,1-3H3,(H,31,32). The van der Waals surface area contributed by atoms with Crippen molar-refractivity contribution in [3.63, 3.8) is 0 Å². The summed E-state index contributed by atoms with van der Waals surface area (Å²) >= 11 is 0. The van der Waals surface area contributed by atoms with Crippen LogP contribution in [0.15, 0.2) is 54.6 Å². The molecule has 1 aliphatic carbocycles. The molecule has 3 unspecified atom stereocenters. The van der Waals surface area contributed by atoms with Gasteiger partial charge in [0.25, 0.3) is 0 Å². The number of aryl methyl sites for hydroxylation is 1. The molecule has 2 aromatic carbocycles. The van der Waals surface area contributed by atoms with Crippen molar-refractivity contribution in [3.05, 3.63) is 82.7 Å². The minimum atomic E-state index is -0.995. The van der Waals surface area contributed by atoms with Crippen LogP contribution in [-0.2, 0) is 21.6 Å². The lowest BCUT2D eigenvalue weighted by Crippen LogP contribution is -2.54. The molecule has 0 aromatic heterocycles. The third-order valence-electron chi connectivity index (χ3n) is 7.10. The van der Waals surface area contributed by atoms with Crippen LogP contribution < -0.4 is 15.8 Å². The highest BCUT2D eigenvalue weighted by Gasteiger charge is 2.43. The van der Waals surface area contributed by atoms with Crippen LogP contribution in [0.4, 0.5) is 4.39 Å². The summed E-state index contributed by atoms with van der Waals surface area (Å²) in [6.45, 7) is 4.71. The van der Waals surface area contributed by atoms with E-state index >= 15 is 4.39 Å². The van der Waals surface area contributed by atoms with Gasteiger partial charge in [-0.2, -0.15) is 0 Å². The summed E-state index contributed by atoms with van der Waals surface area (Å²) in [5.41, 5.74) is 8.99. The van der Waals surface area contributed by atoms with Gasteiger partial charge in [-0.1, -0.05) is 49.4 Å². The molecule has 1 heterocycles. The van der Waals surface area contributed by atoms with Gasteiger partial charge in [-0.05, 0) is 60.6 Å². The van der Waals surface area contributed by atoms with Gasteiger partial charge in [0.1, 0.15) is 17.7 Å². The number of benzene rings is 2. The molecule has 3 atom stereocenters. The Labute approximate surface area is 200 Å². The number of halogens is 1. The molecule has 0 radical (unpaired) electrons. The number of nitrogens with one attached hydrogen (secondary N) is 1. The molecular weight excluding hydrogens is 431 g/mol. The Morgan fingerprint density at radius 3 is 2.76 bits per heavy atom. The molecule has 6 heteroatoms. The van der Waals surface area contributed by atoms with E-state index < -0.39 is 17.5 Å². The minimum absolute atomic E-state index is 0.0182. The van der Waals surface area contributed by atoms with E-state index in [1.165, 1.54) is 13.2 Å². The molecule has 1 saturated heterocycles. The predicted octanol–water partition coefficient (Wildman–Crippen LogP) is 4.77. The Bertz CT molecular complexity index is 1120. The number of methoxy groups -OCH3 is 1. The number of allylic oxidation sites excluding steroid dienone is 2. The number of carbonyl (C=O) groups excluding carboxylic acids is 1. The highest BCUT2D eigenvalue weighted by atomic mass is 19.1. The Balaban J connectivity index is 1.83. The normalized spacial score (nSPS) is 24.4. The van der Waals surface area contributed by atoms with E-state index in [1.807, 2.05) is 24.3 Å². The van der Waals surface area contributed by atoms with E-state index in [4.69, 9.17) is 15.2 Å². The van der Waals surface area contributed by atoms with Gasteiger partial charge < -0.3 is 20.5 Å². The average Bonchev–Trinajstić information content (AvgIpc) is 2.85. The van der Waals surface area contributed by atoms with E-state index in [-0.39, 0.29) is 18.4 Å². The van der Waals surface area contributed by atoms with Crippen LogP contribution in [0.25, 0.3) is 5.57 Å². The fraction of sp³-hybridized carbons (Fsp3) is 0.393. The lowest BCUT2D eigenvalue weighted by Gasteiger charge is -2.42. The fourth-order valence-electron chi connectivity index (χ4n) is 5.09. The summed E-state index contributed by atoms with van der Waals surface area (Å²) in [5.74, 6) is -0.469. The summed E-state index contributed by atoms with van der Waals surface area (Å²) in [6, 6.07) is 11.4. The van der Waals surface area contributed by atoms with Crippen LogP contribution >= 0.6 is 0 Å². The zero-order chi connectivity index (χ0) is 24.3. The van der Waals surface area contributed by atoms with Crippen molar-refractivity contribution in [1.82, 2.24) is 5.32 Å². The molecule has 1 amide bonds. The van der Waals surface area contributed by atoms with Crippen molar-refractivity contribution >= 4 is 11.5 Å². The molecular formula is C28H33FN2O3. The molecule has 3 N–H and O–H groups in total. The maximum Gasteiger partial charge on any atom is 0.250 e. The van der Waals surface area contributed by atoms with Crippen LogP contribution in [0.2, 0.25) is 0 Å². The smallest absolute Gasteiger partial charge is 0.250 e. The highest BCUT2D eigenvalue weighted by molar-refractivity contribution is 5.84. The summed E-state index contributed by atoms with van der Waals surface area (Å²) in [6.07, 6.45) is 7.99. The summed E-state index contributed by atoms with van der Waals surface area (Å²) in [7, 11) is 1.50. The first-order chi connectivity index (χ1) is 16.4. The highest BCUT2D eigenvalue weighted by Crippen LogP contribution is 2.45. The molecule has 4 rings (SSSR count). The van der Waals surface area contributed by atoms with Gasteiger partial charge in [0.2, 0.25) is 5.91 Å². The van der Waals surface area contributed by atoms with Gasteiger partial charge in [-0.25, -0.2) is 4.39 Å². The van der Waals surface area contributed by atoms with Crippen molar-refractivity contribution < 1.29 is 18.7 Å². The Morgan fingerprint density at radius 2 is 2.09 bits per heavy atom. The van der Waals surface area contributed by atoms with E-state index in [1.54, 1.807) is 6.07 Å². The lowest BCUT2D eigenvalue weighted by atomic mass is 9.70. The number of rotatable bonds is 6. The van der Waals surface area contributed by atoms with Crippen LogP contribution in [0, 0.1) is 18.7 Å². The van der Waals surface area contributed by atoms with E-state index in [0.717, 1.165) is 29.5 Å². The summed E-state index contributed by atoms with van der Waals surface area (Å²) < 4.78 is 26.4. The zero-order valence-electron chi connectivity index (χ0n) is 20.1. The molecule has 1 fully saturated rings. The van der Waals surface area contributed by atoms with E-state index in [2.05, 4.69) is 37.4 Å². The van der Waals surface area contributed by atoms with Crippen LogP contribution in [0.3, 0.4) is 0 Å². The third-order valence-corrected chi connectivity index (χ3v) is 7.10.